The Morgan fingerprint density at radius 1 is 1.04 bits per heavy atom. The van der Waals surface area contributed by atoms with Crippen LogP contribution in [0.3, 0.4) is 0 Å². The molecule has 3 rings (SSSR count). The first-order chi connectivity index (χ1) is 12.9. The number of carbonyl (C=O) groups is 2. The van der Waals surface area contributed by atoms with Gasteiger partial charge in [0.1, 0.15) is 23.3 Å². The quantitative estimate of drug-likeness (QED) is 0.577. The number of nitrogens with zero attached hydrogens (tertiary/aromatic N) is 1. The third-order valence-electron chi connectivity index (χ3n) is 3.89. The summed E-state index contributed by atoms with van der Waals surface area (Å²) in [5, 5.41) is 6.42. The van der Waals surface area contributed by atoms with Crippen molar-refractivity contribution in [3.05, 3.63) is 70.9 Å². The predicted octanol–water partition coefficient (Wildman–Crippen LogP) is 2.81. The fourth-order valence-electron chi connectivity index (χ4n) is 2.63. The first-order valence-corrected chi connectivity index (χ1v) is 8.36. The van der Waals surface area contributed by atoms with E-state index in [-0.39, 0.29) is 0 Å². The average Bonchev–Trinajstić information content (AvgIpc) is 3.20. The minimum atomic E-state index is -0.833. The van der Waals surface area contributed by atoms with Crippen molar-refractivity contribution in [3.8, 4) is 0 Å². The Balaban J connectivity index is 1.75. The summed E-state index contributed by atoms with van der Waals surface area (Å²) in [6, 6.07) is 11.4. The molecule has 2 amide bonds. The van der Waals surface area contributed by atoms with Gasteiger partial charge in [-0.15, -0.1) is 0 Å². The van der Waals surface area contributed by atoms with E-state index in [2.05, 4.69) is 21.3 Å². The average molecular weight is 368 g/mol. The number of aromatic nitrogens is 1. The third-order valence-corrected chi connectivity index (χ3v) is 3.89. The van der Waals surface area contributed by atoms with Crippen LogP contribution in [0.5, 0.6) is 0 Å². The van der Waals surface area contributed by atoms with Crippen LogP contribution in [0.25, 0.3) is 0 Å². The zero-order chi connectivity index (χ0) is 19.4. The van der Waals surface area contributed by atoms with Crippen LogP contribution in [0, 0.1) is 20.8 Å². The minimum Gasteiger partial charge on any atom is -0.466 e. The zero-order valence-corrected chi connectivity index (χ0v) is 15.2. The van der Waals surface area contributed by atoms with Crippen molar-refractivity contribution in [1.82, 2.24) is 16.0 Å². The van der Waals surface area contributed by atoms with E-state index in [1.807, 2.05) is 18.2 Å². The highest BCUT2D eigenvalue weighted by Crippen LogP contribution is 2.17. The Bertz CT molecular complexity index is 946. The van der Waals surface area contributed by atoms with Crippen LogP contribution in [0.4, 0.5) is 5.82 Å². The van der Waals surface area contributed by atoms with Gasteiger partial charge >= 0.3 is 0 Å². The van der Waals surface area contributed by atoms with Gasteiger partial charge in [-0.3, -0.25) is 15.0 Å². The molecule has 1 atom stereocenters. The van der Waals surface area contributed by atoms with E-state index in [1.165, 1.54) is 0 Å². The second kappa shape index (κ2) is 7.88. The molecule has 0 bridgehead atoms. The van der Waals surface area contributed by atoms with Gasteiger partial charge in [0.25, 0.3) is 5.91 Å². The van der Waals surface area contributed by atoms with E-state index >= 15 is 0 Å². The molecule has 8 nitrogen and oxygen atoms in total. The lowest BCUT2D eigenvalue weighted by Gasteiger charge is -2.18. The normalized spacial score (nSPS) is 11.8. The van der Waals surface area contributed by atoms with Gasteiger partial charge in [-0.05, 0) is 32.4 Å². The third kappa shape index (κ3) is 4.42. The summed E-state index contributed by atoms with van der Waals surface area (Å²) in [5.41, 5.74) is 6.43. The molecule has 0 radical (unpaired) electrons. The smallest absolute Gasteiger partial charge is 0.268 e. The predicted molar refractivity (Wildman–Crippen MR) is 97.8 cm³/mol. The van der Waals surface area contributed by atoms with Crippen molar-refractivity contribution < 1.29 is 18.5 Å². The molecule has 3 N–H and O–H groups in total. The molecule has 0 saturated heterocycles. The first kappa shape index (κ1) is 18.4. The zero-order valence-electron chi connectivity index (χ0n) is 15.2. The summed E-state index contributed by atoms with van der Waals surface area (Å²) in [5.74, 6) is 1.23. The first-order valence-electron chi connectivity index (χ1n) is 8.36. The molecule has 0 aliphatic heterocycles. The minimum absolute atomic E-state index is 0.299. The Morgan fingerprint density at radius 3 is 2.37 bits per heavy atom. The number of hydrazine groups is 1. The Morgan fingerprint density at radius 2 is 1.78 bits per heavy atom. The summed E-state index contributed by atoms with van der Waals surface area (Å²) < 4.78 is 10.3. The molecule has 1 unspecified atom stereocenters. The van der Waals surface area contributed by atoms with Gasteiger partial charge in [0.05, 0.1) is 5.56 Å². The van der Waals surface area contributed by atoms with Crippen LogP contribution < -0.4 is 16.2 Å². The van der Waals surface area contributed by atoms with Crippen molar-refractivity contribution in [2.45, 2.75) is 26.8 Å². The number of carbonyl (C=O) groups excluding carboxylic acids is 2. The second-order valence-electron chi connectivity index (χ2n) is 6.08. The van der Waals surface area contributed by atoms with Crippen molar-refractivity contribution >= 4 is 17.6 Å². The second-order valence-corrected chi connectivity index (χ2v) is 6.08. The van der Waals surface area contributed by atoms with Gasteiger partial charge in [0.2, 0.25) is 5.91 Å². The molecule has 3 aromatic rings. The van der Waals surface area contributed by atoms with Crippen molar-refractivity contribution in [2.24, 2.45) is 0 Å². The SMILES string of the molecule is Cc1cc(NC(=O)C(NNC(=O)c2cc(C)oc2C)c2ccccc2)no1. The number of hydrogen-bond donors (Lipinski definition) is 3. The molecule has 8 heteroatoms. The molecule has 0 saturated carbocycles. The summed E-state index contributed by atoms with van der Waals surface area (Å²) in [6.07, 6.45) is 0. The number of furan rings is 1. The molecule has 0 fully saturated rings. The van der Waals surface area contributed by atoms with E-state index in [0.717, 1.165) is 0 Å². The summed E-state index contributed by atoms with van der Waals surface area (Å²) in [6.45, 7) is 5.19. The van der Waals surface area contributed by atoms with Gasteiger partial charge < -0.3 is 14.3 Å². The van der Waals surface area contributed by atoms with Gasteiger partial charge in [-0.2, -0.15) is 0 Å². The van der Waals surface area contributed by atoms with Crippen LogP contribution in [0.2, 0.25) is 0 Å². The lowest BCUT2D eigenvalue weighted by atomic mass is 10.1. The van der Waals surface area contributed by atoms with Gasteiger partial charge in [-0.1, -0.05) is 35.5 Å². The summed E-state index contributed by atoms with van der Waals surface area (Å²) in [7, 11) is 0. The van der Waals surface area contributed by atoms with Crippen LogP contribution in [-0.4, -0.2) is 17.0 Å². The number of rotatable bonds is 6. The number of amides is 2. The molecular weight excluding hydrogens is 348 g/mol. The maximum atomic E-state index is 12.7. The molecule has 0 spiro atoms. The van der Waals surface area contributed by atoms with Crippen LogP contribution >= 0.6 is 0 Å². The number of hydrogen-bond acceptors (Lipinski definition) is 6. The largest absolute Gasteiger partial charge is 0.466 e. The van der Waals surface area contributed by atoms with Gasteiger partial charge in [0, 0.05) is 6.07 Å². The van der Waals surface area contributed by atoms with Crippen molar-refractivity contribution in [3.63, 3.8) is 0 Å². The Hall–Kier alpha value is -3.39. The van der Waals surface area contributed by atoms with E-state index in [0.29, 0.717) is 34.2 Å². The number of benzene rings is 1. The molecule has 2 heterocycles. The van der Waals surface area contributed by atoms with Gasteiger partial charge in [0.15, 0.2) is 5.82 Å². The molecule has 0 aliphatic rings. The Kier molecular flexibility index (Phi) is 5.37. The highest BCUT2D eigenvalue weighted by atomic mass is 16.5. The van der Waals surface area contributed by atoms with E-state index in [9.17, 15) is 9.59 Å². The fourth-order valence-corrected chi connectivity index (χ4v) is 2.63. The highest BCUT2D eigenvalue weighted by molar-refractivity contribution is 5.97. The number of anilines is 1. The molecule has 2 aromatic heterocycles. The van der Waals surface area contributed by atoms with Crippen LogP contribution in [0.1, 0.15) is 39.2 Å². The van der Waals surface area contributed by atoms with Crippen molar-refractivity contribution in [1.29, 1.82) is 0 Å². The molecule has 1 aromatic carbocycles. The summed E-state index contributed by atoms with van der Waals surface area (Å²) in [4.78, 5) is 25.1. The van der Waals surface area contributed by atoms with Crippen LogP contribution in [-0.2, 0) is 4.79 Å². The maximum Gasteiger partial charge on any atom is 0.268 e. The monoisotopic (exact) mass is 368 g/mol. The molecule has 27 heavy (non-hydrogen) atoms. The van der Waals surface area contributed by atoms with Gasteiger partial charge in [-0.25, -0.2) is 5.43 Å². The highest BCUT2D eigenvalue weighted by Gasteiger charge is 2.23. The maximum absolute atomic E-state index is 12.7. The van der Waals surface area contributed by atoms with E-state index < -0.39 is 17.9 Å². The lowest BCUT2D eigenvalue weighted by molar-refractivity contribution is -0.118. The standard InChI is InChI=1S/C19H20N4O4/c1-11-9-15(13(3)26-11)18(24)22-21-17(14-7-5-4-6-8-14)19(25)20-16-10-12(2)27-23-16/h4-10,17,21H,1-3H3,(H,22,24)(H,20,23,25). The molecular formula is C19H20N4O4. The Labute approximate surface area is 155 Å². The molecule has 140 valence electrons. The fraction of sp³-hybridized carbons (Fsp3) is 0.211. The van der Waals surface area contributed by atoms with E-state index in [1.54, 1.807) is 45.0 Å². The lowest BCUT2D eigenvalue weighted by Crippen LogP contribution is -2.44. The van der Waals surface area contributed by atoms with E-state index in [4.69, 9.17) is 8.94 Å². The topological polar surface area (TPSA) is 109 Å². The summed E-state index contributed by atoms with van der Waals surface area (Å²) >= 11 is 0. The number of aryl methyl sites for hydroxylation is 3. The molecule has 0 aliphatic carbocycles. The number of nitrogens with one attached hydrogen (secondary N) is 3. The van der Waals surface area contributed by atoms with Crippen molar-refractivity contribution in [2.75, 3.05) is 5.32 Å². The van der Waals surface area contributed by atoms with Crippen LogP contribution in [0.15, 0.2) is 51.4 Å².